The number of carbonyl (C=O) groups is 1. The van der Waals surface area contributed by atoms with Gasteiger partial charge in [0.2, 0.25) is 0 Å². The minimum atomic E-state index is -0.472. The maximum atomic E-state index is 12.7. The van der Waals surface area contributed by atoms with Crippen LogP contribution in [0, 0.1) is 5.92 Å². The molecule has 1 aromatic heterocycles. The number of likely N-dealkylation sites (tertiary alicyclic amines) is 2. The average Bonchev–Trinajstić information content (AvgIpc) is 3.46. The maximum Gasteiger partial charge on any atom is 0.410 e. The first kappa shape index (κ1) is 32.7. The van der Waals surface area contributed by atoms with Crippen LogP contribution in [-0.2, 0) is 11.3 Å². The number of methoxy groups -OCH3 is 1. The summed E-state index contributed by atoms with van der Waals surface area (Å²) in [6.45, 7) is 18.1. The van der Waals surface area contributed by atoms with Crippen LogP contribution in [0.2, 0.25) is 0 Å². The van der Waals surface area contributed by atoms with Gasteiger partial charge in [-0.15, -0.1) is 5.10 Å². The van der Waals surface area contributed by atoms with Crippen molar-refractivity contribution in [1.29, 1.82) is 0 Å². The minimum absolute atomic E-state index is 0.0638. The molecule has 0 bridgehead atoms. The fourth-order valence-corrected chi connectivity index (χ4v) is 7.83. The fraction of sp³-hybridized carbons (Fsp3) is 0.639. The van der Waals surface area contributed by atoms with Crippen LogP contribution in [0.5, 0.6) is 5.75 Å². The Bertz CT molecular complexity index is 1460. The molecule has 0 spiro atoms. The average molecular weight is 632 g/mol. The molecule has 3 fully saturated rings. The van der Waals surface area contributed by atoms with Crippen molar-refractivity contribution in [1.82, 2.24) is 34.6 Å². The number of hydrogen-bond acceptors (Lipinski definition) is 8. The predicted molar refractivity (Wildman–Crippen MR) is 181 cm³/mol. The lowest BCUT2D eigenvalue weighted by Gasteiger charge is -2.53. The molecular formula is C36H53N7O3. The summed E-state index contributed by atoms with van der Waals surface area (Å²) in [6.07, 6.45) is 4.19. The summed E-state index contributed by atoms with van der Waals surface area (Å²) in [4.78, 5) is 22.6. The Balaban J connectivity index is 1.17. The van der Waals surface area contributed by atoms with E-state index in [4.69, 9.17) is 14.7 Å². The molecular weight excluding hydrogens is 578 g/mol. The van der Waals surface area contributed by atoms with Crippen LogP contribution >= 0.6 is 0 Å². The molecule has 4 heterocycles. The van der Waals surface area contributed by atoms with E-state index >= 15 is 0 Å². The summed E-state index contributed by atoms with van der Waals surface area (Å²) < 4.78 is 13.3. The van der Waals surface area contributed by atoms with Crippen molar-refractivity contribution < 1.29 is 14.3 Å². The number of nitrogens with zero attached hydrogens (tertiary/aromatic N) is 7. The molecule has 0 aliphatic carbocycles. The van der Waals surface area contributed by atoms with Gasteiger partial charge in [-0.1, -0.05) is 29.5 Å². The minimum Gasteiger partial charge on any atom is -0.497 e. The topological polar surface area (TPSA) is 79.2 Å². The fourth-order valence-electron chi connectivity index (χ4n) is 7.83. The SMILES string of the molecule is COc1ccc(CN2CCCC(C(N3CCN(C4(C)CCN(C(=O)OC(C)(C)C)CC4)C[C@@H]3C)n3nnc4ccccc43)C2)cc1. The number of hydrogen-bond donors (Lipinski definition) is 0. The molecule has 10 heteroatoms. The van der Waals surface area contributed by atoms with E-state index in [1.807, 2.05) is 31.7 Å². The first-order valence-corrected chi connectivity index (χ1v) is 17.2. The third-order valence-corrected chi connectivity index (χ3v) is 10.4. The van der Waals surface area contributed by atoms with Crippen LogP contribution in [-0.4, -0.2) is 111 Å². The van der Waals surface area contributed by atoms with E-state index in [1.54, 1.807) is 7.11 Å². The number of carbonyl (C=O) groups excluding carboxylic acids is 1. The molecule has 3 atom stereocenters. The molecule has 3 aliphatic heterocycles. The number of rotatable bonds is 7. The van der Waals surface area contributed by atoms with Gasteiger partial charge in [-0.2, -0.15) is 0 Å². The highest BCUT2D eigenvalue weighted by atomic mass is 16.6. The molecule has 3 aromatic rings. The van der Waals surface area contributed by atoms with Crippen molar-refractivity contribution in [3.8, 4) is 5.75 Å². The Morgan fingerprint density at radius 2 is 1.74 bits per heavy atom. The van der Waals surface area contributed by atoms with Crippen molar-refractivity contribution in [2.75, 3.05) is 52.9 Å². The van der Waals surface area contributed by atoms with Gasteiger partial charge >= 0.3 is 6.09 Å². The first-order valence-electron chi connectivity index (χ1n) is 17.2. The molecule has 3 aliphatic rings. The van der Waals surface area contributed by atoms with Gasteiger partial charge in [-0.05, 0) is 96.7 Å². The quantitative estimate of drug-likeness (QED) is 0.331. The molecule has 250 valence electrons. The largest absolute Gasteiger partial charge is 0.497 e. The van der Waals surface area contributed by atoms with Gasteiger partial charge in [0.25, 0.3) is 0 Å². The number of benzene rings is 2. The second kappa shape index (κ2) is 13.5. The molecule has 46 heavy (non-hydrogen) atoms. The summed E-state index contributed by atoms with van der Waals surface area (Å²) in [6, 6.07) is 17.2. The highest BCUT2D eigenvalue weighted by Gasteiger charge is 2.44. The molecule has 6 rings (SSSR count). The lowest BCUT2D eigenvalue weighted by atomic mass is 9.86. The monoisotopic (exact) mass is 631 g/mol. The van der Waals surface area contributed by atoms with E-state index < -0.39 is 5.60 Å². The van der Waals surface area contributed by atoms with Gasteiger partial charge in [0.15, 0.2) is 0 Å². The van der Waals surface area contributed by atoms with Crippen molar-refractivity contribution in [2.24, 2.45) is 5.92 Å². The molecule has 3 saturated heterocycles. The third kappa shape index (κ3) is 7.19. The molecule has 10 nitrogen and oxygen atoms in total. The van der Waals surface area contributed by atoms with Crippen LogP contribution < -0.4 is 4.74 Å². The van der Waals surface area contributed by atoms with Gasteiger partial charge in [-0.25, -0.2) is 9.48 Å². The van der Waals surface area contributed by atoms with E-state index in [2.05, 4.69) is 80.8 Å². The van der Waals surface area contributed by atoms with Crippen molar-refractivity contribution in [3.63, 3.8) is 0 Å². The Labute approximate surface area is 274 Å². The van der Waals surface area contributed by atoms with Crippen molar-refractivity contribution in [3.05, 3.63) is 54.1 Å². The zero-order valence-electron chi connectivity index (χ0n) is 28.7. The number of ether oxygens (including phenoxy) is 2. The number of fused-ring (bicyclic) bond motifs is 1. The third-order valence-electron chi connectivity index (χ3n) is 10.4. The number of piperidine rings is 2. The summed E-state index contributed by atoms with van der Waals surface area (Å²) >= 11 is 0. The van der Waals surface area contributed by atoms with E-state index in [0.29, 0.717) is 12.0 Å². The number of amides is 1. The van der Waals surface area contributed by atoms with Crippen LogP contribution in [0.4, 0.5) is 4.79 Å². The second-order valence-electron chi connectivity index (χ2n) is 14.9. The normalized spacial score (nSPS) is 24.2. The van der Waals surface area contributed by atoms with Crippen molar-refractivity contribution >= 4 is 17.1 Å². The predicted octanol–water partition coefficient (Wildman–Crippen LogP) is 5.65. The molecule has 0 N–H and O–H groups in total. The first-order chi connectivity index (χ1) is 22.0. The van der Waals surface area contributed by atoms with Gasteiger partial charge in [0.05, 0.1) is 12.6 Å². The molecule has 0 radical (unpaired) electrons. The van der Waals surface area contributed by atoms with E-state index in [0.717, 1.165) is 82.0 Å². The Kier molecular flexibility index (Phi) is 9.60. The van der Waals surface area contributed by atoms with Crippen LogP contribution in [0.3, 0.4) is 0 Å². The highest BCUT2D eigenvalue weighted by Crippen LogP contribution is 2.38. The lowest BCUT2D eigenvalue weighted by Crippen LogP contribution is -2.63. The zero-order valence-corrected chi connectivity index (χ0v) is 28.7. The van der Waals surface area contributed by atoms with Crippen LogP contribution in [0.15, 0.2) is 48.5 Å². The summed E-state index contributed by atoms with van der Waals surface area (Å²) in [7, 11) is 1.72. The van der Waals surface area contributed by atoms with Crippen molar-refractivity contribution in [2.45, 2.75) is 90.2 Å². The van der Waals surface area contributed by atoms with Gasteiger partial charge in [-0.3, -0.25) is 14.7 Å². The summed E-state index contributed by atoms with van der Waals surface area (Å²) in [5, 5.41) is 9.42. The van der Waals surface area contributed by atoms with Gasteiger partial charge in [0, 0.05) is 63.3 Å². The molecule has 2 aromatic carbocycles. The smallest absolute Gasteiger partial charge is 0.410 e. The Morgan fingerprint density at radius 1 is 1.00 bits per heavy atom. The van der Waals surface area contributed by atoms with Crippen LogP contribution in [0.25, 0.3) is 11.0 Å². The Morgan fingerprint density at radius 3 is 2.43 bits per heavy atom. The molecule has 0 saturated carbocycles. The van der Waals surface area contributed by atoms with Crippen LogP contribution in [0.1, 0.15) is 72.0 Å². The maximum absolute atomic E-state index is 12.7. The number of para-hydroxylation sites is 1. The molecule has 2 unspecified atom stereocenters. The van der Waals surface area contributed by atoms with Gasteiger partial charge < -0.3 is 14.4 Å². The van der Waals surface area contributed by atoms with E-state index in [9.17, 15) is 4.79 Å². The zero-order chi connectivity index (χ0) is 32.5. The number of aromatic nitrogens is 3. The van der Waals surface area contributed by atoms with Gasteiger partial charge in [0.1, 0.15) is 23.0 Å². The summed E-state index contributed by atoms with van der Waals surface area (Å²) in [5.74, 6) is 1.33. The second-order valence-corrected chi connectivity index (χ2v) is 14.9. The number of piperazine rings is 1. The Hall–Kier alpha value is -3.21. The van der Waals surface area contributed by atoms with E-state index in [1.165, 1.54) is 18.4 Å². The standard InChI is InChI=1S/C36H53N7O3/c1-27-24-41(36(5)17-20-40(21-18-36)34(44)46-35(2,3)4)22-23-42(27)33(43-32-12-8-7-11-31(32)37-38-43)29-10-9-19-39(26-29)25-28-13-15-30(45-6)16-14-28/h7-8,11-16,27,29,33H,9-10,17-26H2,1-6H3/t27-,29?,33?/m0/s1. The van der Waals surface area contributed by atoms with E-state index in [-0.39, 0.29) is 17.8 Å². The summed E-state index contributed by atoms with van der Waals surface area (Å²) in [5.41, 5.74) is 2.97. The highest BCUT2D eigenvalue weighted by molar-refractivity contribution is 5.74. The lowest BCUT2D eigenvalue weighted by molar-refractivity contribution is -0.0676. The molecule has 1 amide bonds.